The molecule has 0 radical (unpaired) electrons. The second kappa shape index (κ2) is 16.3. The Bertz CT molecular complexity index is 3300. The first kappa shape index (κ1) is 38.3. The van der Waals surface area contributed by atoms with Crippen LogP contribution < -0.4 is 10.6 Å². The van der Waals surface area contributed by atoms with Crippen LogP contribution in [-0.2, 0) is 6.42 Å². The lowest BCUT2D eigenvalue weighted by molar-refractivity contribution is 0.843. The average Bonchev–Trinajstić information content (AvgIpc) is 3.46. The molecule has 4 heterocycles. The van der Waals surface area contributed by atoms with Crippen LogP contribution in [0.25, 0.3) is 55.5 Å². The van der Waals surface area contributed by atoms with E-state index in [2.05, 4.69) is 215 Å². The number of fused-ring (bicyclic) bond motifs is 5. The fourth-order valence-corrected chi connectivity index (χ4v) is 9.87. The zero-order valence-electron chi connectivity index (χ0n) is 35.8. The molecule has 0 bridgehead atoms. The van der Waals surface area contributed by atoms with Crippen LogP contribution in [0.2, 0.25) is 0 Å². The van der Waals surface area contributed by atoms with Crippen molar-refractivity contribution in [2.45, 2.75) is 52.0 Å². The molecule has 304 valence electrons. The summed E-state index contributed by atoms with van der Waals surface area (Å²) in [5, 5.41) is 9.81. The van der Waals surface area contributed by atoms with E-state index in [-0.39, 0.29) is 6.04 Å². The van der Waals surface area contributed by atoms with Gasteiger partial charge in [0.25, 0.3) is 0 Å². The monoisotopic (exact) mass is 812 g/mol. The number of benzene rings is 5. The van der Waals surface area contributed by atoms with Crippen molar-refractivity contribution in [3.63, 3.8) is 0 Å². The lowest BCUT2D eigenvalue weighted by Gasteiger charge is -2.32. The Balaban J connectivity index is 1.06. The van der Waals surface area contributed by atoms with Gasteiger partial charge in [-0.25, -0.2) is 0 Å². The van der Waals surface area contributed by atoms with Gasteiger partial charge in [0.05, 0.1) is 22.8 Å². The molecule has 63 heavy (non-hydrogen) atoms. The molecule has 4 aliphatic rings. The first-order chi connectivity index (χ1) is 31.1. The molecule has 0 fully saturated rings. The summed E-state index contributed by atoms with van der Waals surface area (Å²) in [6, 6.07) is 51.5. The normalized spacial score (nSPS) is 16.2. The first-order valence-electron chi connectivity index (χ1n) is 22.3. The molecule has 2 aliphatic carbocycles. The molecule has 2 aromatic heterocycles. The maximum Gasteiger partial charge on any atom is 0.0929 e. The van der Waals surface area contributed by atoms with Crippen LogP contribution in [0.15, 0.2) is 170 Å². The SMILES string of the molecule is CC1=C(c2ccc(C3=CCNC=C3)cc2)c2cc(-c3ccc4c(c3)c3ccccc3n4C3=CCCCC#C3)ccc2NC1c1ccc2c(n(-c3ccccc3)c(C)cc1)CCC#C2. The fraction of sp³-hybridized carbons (Fsp3) is 0.153. The van der Waals surface area contributed by atoms with E-state index in [4.69, 9.17) is 0 Å². The van der Waals surface area contributed by atoms with E-state index in [9.17, 15) is 0 Å². The van der Waals surface area contributed by atoms with Gasteiger partial charge in [0.2, 0.25) is 0 Å². The molecular formula is C59H48N4. The number of hydrogen-bond acceptors (Lipinski definition) is 2. The molecule has 0 spiro atoms. The fourth-order valence-electron chi connectivity index (χ4n) is 9.87. The summed E-state index contributed by atoms with van der Waals surface area (Å²) in [6.45, 7) is 5.35. The Morgan fingerprint density at radius 2 is 1.40 bits per heavy atom. The molecule has 5 aromatic carbocycles. The van der Waals surface area contributed by atoms with Gasteiger partial charge in [-0.05, 0) is 144 Å². The molecule has 0 saturated carbocycles. The average molecular weight is 813 g/mol. The van der Waals surface area contributed by atoms with E-state index in [0.717, 1.165) is 67.0 Å². The highest BCUT2D eigenvalue weighted by Gasteiger charge is 2.27. The highest BCUT2D eigenvalue weighted by Crippen LogP contribution is 2.45. The number of aromatic nitrogens is 2. The summed E-state index contributed by atoms with van der Waals surface area (Å²) in [5.74, 6) is 13.8. The maximum atomic E-state index is 4.03. The zero-order valence-corrected chi connectivity index (χ0v) is 35.8. The van der Waals surface area contributed by atoms with Gasteiger partial charge in [-0.15, -0.1) is 0 Å². The van der Waals surface area contributed by atoms with Crippen molar-refractivity contribution in [3.05, 3.63) is 209 Å². The number of anilines is 1. The predicted octanol–water partition coefficient (Wildman–Crippen LogP) is 13.5. The molecular weight excluding hydrogens is 765 g/mol. The molecule has 4 heteroatoms. The van der Waals surface area contributed by atoms with E-state index in [0.29, 0.717) is 0 Å². The molecule has 0 amide bonds. The lowest BCUT2D eigenvalue weighted by Crippen LogP contribution is -2.19. The highest BCUT2D eigenvalue weighted by atomic mass is 15.0. The van der Waals surface area contributed by atoms with Gasteiger partial charge < -0.3 is 19.8 Å². The topological polar surface area (TPSA) is 33.9 Å². The smallest absolute Gasteiger partial charge is 0.0929 e. The van der Waals surface area contributed by atoms with Crippen LogP contribution in [0.1, 0.15) is 77.9 Å². The van der Waals surface area contributed by atoms with Gasteiger partial charge in [-0.1, -0.05) is 115 Å². The van der Waals surface area contributed by atoms with Crippen molar-refractivity contribution < 1.29 is 0 Å². The van der Waals surface area contributed by atoms with Gasteiger partial charge in [0.1, 0.15) is 0 Å². The molecule has 7 aromatic rings. The van der Waals surface area contributed by atoms with Crippen molar-refractivity contribution in [2.24, 2.45) is 0 Å². The van der Waals surface area contributed by atoms with Crippen LogP contribution in [0, 0.1) is 30.6 Å². The van der Waals surface area contributed by atoms with Crippen LogP contribution in [-0.4, -0.2) is 15.7 Å². The van der Waals surface area contributed by atoms with E-state index in [1.165, 1.54) is 77.6 Å². The second-order valence-electron chi connectivity index (χ2n) is 16.9. The van der Waals surface area contributed by atoms with E-state index in [1.54, 1.807) is 0 Å². The molecule has 11 rings (SSSR count). The maximum absolute atomic E-state index is 4.03. The summed E-state index contributed by atoms with van der Waals surface area (Å²) >= 11 is 0. The number of dihydropyridines is 1. The predicted molar refractivity (Wildman–Crippen MR) is 264 cm³/mol. The van der Waals surface area contributed by atoms with Gasteiger partial charge >= 0.3 is 0 Å². The largest absolute Gasteiger partial charge is 0.387 e. The number of aryl methyl sites for hydroxylation is 1. The number of para-hydroxylation sites is 2. The minimum Gasteiger partial charge on any atom is -0.387 e. The van der Waals surface area contributed by atoms with Crippen molar-refractivity contribution in [3.8, 4) is 40.5 Å². The van der Waals surface area contributed by atoms with E-state index < -0.39 is 0 Å². The molecule has 4 nitrogen and oxygen atoms in total. The zero-order chi connectivity index (χ0) is 42.3. The van der Waals surface area contributed by atoms with Gasteiger partial charge in [-0.2, -0.15) is 0 Å². The third-order valence-electron chi connectivity index (χ3n) is 13.0. The summed E-state index contributed by atoms with van der Waals surface area (Å²) in [6.07, 6.45) is 13.6. The molecule has 2 aliphatic heterocycles. The number of allylic oxidation sites excluding steroid dienone is 4. The Kier molecular flexibility index (Phi) is 9.91. The van der Waals surface area contributed by atoms with Crippen molar-refractivity contribution in [2.75, 3.05) is 11.9 Å². The van der Waals surface area contributed by atoms with Crippen LogP contribution in [0.4, 0.5) is 5.69 Å². The highest BCUT2D eigenvalue weighted by molar-refractivity contribution is 6.12. The van der Waals surface area contributed by atoms with Gasteiger partial charge in [0, 0.05) is 70.5 Å². The third kappa shape index (κ3) is 7.05. The first-order valence-corrected chi connectivity index (χ1v) is 22.3. The number of rotatable bonds is 6. The van der Waals surface area contributed by atoms with E-state index >= 15 is 0 Å². The van der Waals surface area contributed by atoms with Crippen LogP contribution in [0.5, 0.6) is 0 Å². The minimum atomic E-state index is -0.0684. The Hall–Kier alpha value is -7.66. The van der Waals surface area contributed by atoms with Crippen molar-refractivity contribution in [1.29, 1.82) is 0 Å². The molecule has 1 atom stereocenters. The minimum absolute atomic E-state index is 0.0684. The number of nitrogens with one attached hydrogen (secondary N) is 2. The Morgan fingerprint density at radius 1 is 0.635 bits per heavy atom. The summed E-state index contributed by atoms with van der Waals surface area (Å²) < 4.78 is 4.75. The van der Waals surface area contributed by atoms with Gasteiger partial charge in [-0.3, -0.25) is 0 Å². The summed E-state index contributed by atoms with van der Waals surface area (Å²) in [5.41, 5.74) is 20.2. The number of hydrogen-bond donors (Lipinski definition) is 2. The van der Waals surface area contributed by atoms with E-state index in [1.807, 2.05) is 6.20 Å². The van der Waals surface area contributed by atoms with Crippen molar-refractivity contribution >= 4 is 44.3 Å². The van der Waals surface area contributed by atoms with Gasteiger partial charge in [0.15, 0.2) is 0 Å². The van der Waals surface area contributed by atoms with Crippen molar-refractivity contribution in [1.82, 2.24) is 14.5 Å². The summed E-state index contributed by atoms with van der Waals surface area (Å²) in [4.78, 5) is 0. The van der Waals surface area contributed by atoms with Crippen LogP contribution in [0.3, 0.4) is 0 Å². The molecule has 0 saturated heterocycles. The second-order valence-corrected chi connectivity index (χ2v) is 16.9. The lowest BCUT2D eigenvalue weighted by atomic mass is 9.82. The standard InChI is InChI=1S/C59H48N4/c1-40-22-23-46(29-26-44-14-10-12-20-55(44)62(40)49-15-8-5-9-16-49)59-41(2)58(45-27-24-42(25-28-45)43-34-36-60-37-35-43)53-39-47(30-32-54(53)61-59)48-31-33-57-52(38-48)51-19-11-13-21-56(51)63(57)50-17-6-3-4-7-18-50/h5,8-9,11,13,15-17,19,21-36,38-39,59-61H,3-4,6,12,20,37H2,1-2H3. The third-order valence-corrected chi connectivity index (χ3v) is 13.0. The quantitative estimate of drug-likeness (QED) is 0.164. The Morgan fingerprint density at radius 3 is 2.27 bits per heavy atom. The van der Waals surface area contributed by atoms with Crippen LogP contribution >= 0.6 is 0 Å². The Labute approximate surface area is 370 Å². The number of nitrogens with zero attached hydrogens (tertiary/aromatic N) is 2. The molecule has 1 unspecified atom stereocenters. The molecule has 2 N–H and O–H groups in total. The summed E-state index contributed by atoms with van der Waals surface area (Å²) in [7, 11) is 0.